The third-order valence-corrected chi connectivity index (χ3v) is 7.24. The minimum Gasteiger partial charge on any atom is -0.489 e. The molecular formula is C27H19Cl3N2O6S. The molecule has 3 aromatic carbocycles. The molecule has 1 N–H and O–H groups in total. The Labute approximate surface area is 242 Å². The Morgan fingerprint density at radius 1 is 0.974 bits per heavy atom. The van der Waals surface area contributed by atoms with Crippen molar-refractivity contribution in [2.45, 2.75) is 6.61 Å². The van der Waals surface area contributed by atoms with E-state index in [-0.39, 0.29) is 27.8 Å². The third kappa shape index (κ3) is 7.13. The molecular weight excluding hydrogens is 587 g/mol. The molecule has 1 aliphatic rings. The molecule has 0 aromatic heterocycles. The molecule has 200 valence electrons. The van der Waals surface area contributed by atoms with E-state index in [1.165, 1.54) is 25.3 Å². The van der Waals surface area contributed by atoms with E-state index in [1.54, 1.807) is 48.5 Å². The monoisotopic (exact) mass is 604 g/mol. The highest BCUT2D eigenvalue weighted by molar-refractivity contribution is 8.18. The smallest absolute Gasteiger partial charge is 0.339 e. The Morgan fingerprint density at radius 3 is 2.41 bits per heavy atom. The van der Waals surface area contributed by atoms with Crippen LogP contribution in [0.3, 0.4) is 0 Å². The van der Waals surface area contributed by atoms with Gasteiger partial charge in [0, 0.05) is 21.3 Å². The zero-order valence-corrected chi connectivity index (χ0v) is 23.3. The molecule has 1 saturated heterocycles. The number of thioether (sulfide) groups is 1. The van der Waals surface area contributed by atoms with Gasteiger partial charge in [-0.05, 0) is 65.9 Å². The Morgan fingerprint density at radius 2 is 1.72 bits per heavy atom. The van der Waals surface area contributed by atoms with E-state index in [9.17, 15) is 19.2 Å². The first-order chi connectivity index (χ1) is 18.6. The minimum absolute atomic E-state index is 0.0660. The fraction of sp³-hybridized carbons (Fsp3) is 0.111. The fourth-order valence-corrected chi connectivity index (χ4v) is 4.96. The summed E-state index contributed by atoms with van der Waals surface area (Å²) >= 11 is 18.8. The molecule has 0 atom stereocenters. The van der Waals surface area contributed by atoms with Crippen LogP contribution >= 0.6 is 46.6 Å². The van der Waals surface area contributed by atoms with Crippen LogP contribution in [0.2, 0.25) is 15.1 Å². The molecule has 8 nitrogen and oxygen atoms in total. The molecule has 0 saturated carbocycles. The van der Waals surface area contributed by atoms with Gasteiger partial charge in [0.05, 0.1) is 22.6 Å². The van der Waals surface area contributed by atoms with Crippen molar-refractivity contribution in [3.05, 3.63) is 97.3 Å². The Bertz CT molecular complexity index is 1490. The van der Waals surface area contributed by atoms with E-state index >= 15 is 0 Å². The zero-order valence-electron chi connectivity index (χ0n) is 20.2. The molecule has 0 unspecified atom stereocenters. The molecule has 0 bridgehead atoms. The number of hydrogen-bond donors (Lipinski definition) is 1. The first-order valence-electron chi connectivity index (χ1n) is 11.2. The quantitative estimate of drug-likeness (QED) is 0.226. The van der Waals surface area contributed by atoms with Gasteiger partial charge >= 0.3 is 5.97 Å². The number of carbonyl (C=O) groups excluding carboxylic acids is 4. The maximum absolute atomic E-state index is 12.8. The minimum atomic E-state index is -0.669. The van der Waals surface area contributed by atoms with Crippen molar-refractivity contribution < 1.29 is 28.7 Å². The lowest BCUT2D eigenvalue weighted by Gasteiger charge is -2.13. The lowest BCUT2D eigenvalue weighted by atomic mass is 10.2. The van der Waals surface area contributed by atoms with Crippen LogP contribution in [0.25, 0.3) is 6.08 Å². The maximum Gasteiger partial charge on any atom is 0.339 e. The topological polar surface area (TPSA) is 102 Å². The van der Waals surface area contributed by atoms with Crippen molar-refractivity contribution in [2.75, 3.05) is 19.0 Å². The highest BCUT2D eigenvalue weighted by Gasteiger charge is 2.36. The average molecular weight is 606 g/mol. The molecule has 3 aromatic rings. The second kappa shape index (κ2) is 12.6. The van der Waals surface area contributed by atoms with Crippen LogP contribution in [0.4, 0.5) is 10.5 Å². The first kappa shape index (κ1) is 28.5. The second-order valence-corrected chi connectivity index (χ2v) is 10.3. The van der Waals surface area contributed by atoms with Gasteiger partial charge in [-0.2, -0.15) is 0 Å². The van der Waals surface area contributed by atoms with Crippen molar-refractivity contribution in [2.24, 2.45) is 0 Å². The molecule has 1 heterocycles. The van der Waals surface area contributed by atoms with Crippen molar-refractivity contribution in [1.29, 1.82) is 0 Å². The molecule has 1 aliphatic heterocycles. The molecule has 0 spiro atoms. The summed E-state index contributed by atoms with van der Waals surface area (Å²) in [5.41, 5.74) is 1.77. The van der Waals surface area contributed by atoms with E-state index in [0.717, 1.165) is 22.2 Å². The van der Waals surface area contributed by atoms with Crippen LogP contribution in [0.15, 0.2) is 65.6 Å². The van der Waals surface area contributed by atoms with E-state index in [4.69, 9.17) is 39.5 Å². The Hall–Kier alpha value is -3.50. The number of methoxy groups -OCH3 is 1. The summed E-state index contributed by atoms with van der Waals surface area (Å²) in [5.74, 6) is -1.30. The number of esters is 1. The molecule has 4 rings (SSSR count). The predicted octanol–water partition coefficient (Wildman–Crippen LogP) is 6.69. The second-order valence-electron chi connectivity index (χ2n) is 8.10. The van der Waals surface area contributed by atoms with Crippen LogP contribution in [0.1, 0.15) is 21.5 Å². The molecule has 0 radical (unpaired) electrons. The lowest BCUT2D eigenvalue weighted by Crippen LogP contribution is -2.36. The largest absolute Gasteiger partial charge is 0.489 e. The van der Waals surface area contributed by atoms with Crippen molar-refractivity contribution in [3.63, 3.8) is 0 Å². The molecule has 39 heavy (non-hydrogen) atoms. The lowest BCUT2D eigenvalue weighted by molar-refractivity contribution is -0.127. The molecule has 12 heteroatoms. The Kier molecular flexibility index (Phi) is 9.19. The number of hydrogen-bond acceptors (Lipinski definition) is 7. The SMILES string of the molecule is COC(=O)c1cc(NC(=O)CN2C(=O)S/C(=C/c3ccc(OCc4ccc(Cl)cc4Cl)cc3)C2=O)ccc1Cl. The van der Waals surface area contributed by atoms with Crippen LogP contribution < -0.4 is 10.1 Å². The van der Waals surface area contributed by atoms with E-state index in [0.29, 0.717) is 21.4 Å². The zero-order chi connectivity index (χ0) is 28.1. The van der Waals surface area contributed by atoms with Gasteiger partial charge in [0.2, 0.25) is 5.91 Å². The molecule has 3 amide bonds. The van der Waals surface area contributed by atoms with Crippen molar-refractivity contribution in [1.82, 2.24) is 4.90 Å². The highest BCUT2D eigenvalue weighted by Crippen LogP contribution is 2.32. The number of amides is 3. The summed E-state index contributed by atoms with van der Waals surface area (Å²) in [7, 11) is 1.21. The van der Waals surface area contributed by atoms with E-state index in [1.807, 2.05) is 0 Å². The van der Waals surface area contributed by atoms with Gasteiger partial charge in [0.25, 0.3) is 11.1 Å². The molecule has 0 aliphatic carbocycles. The van der Waals surface area contributed by atoms with Gasteiger partial charge in [-0.3, -0.25) is 19.3 Å². The van der Waals surface area contributed by atoms with Gasteiger partial charge in [0.15, 0.2) is 0 Å². The number of halogens is 3. The highest BCUT2D eigenvalue weighted by atomic mass is 35.5. The van der Waals surface area contributed by atoms with Gasteiger partial charge in [-0.1, -0.05) is 53.0 Å². The summed E-state index contributed by atoms with van der Waals surface area (Å²) in [4.78, 5) is 50.6. The van der Waals surface area contributed by atoms with Crippen LogP contribution in [-0.4, -0.2) is 41.6 Å². The molecule has 1 fully saturated rings. The number of ether oxygens (including phenoxy) is 2. The number of nitrogens with one attached hydrogen (secondary N) is 1. The summed E-state index contributed by atoms with van der Waals surface area (Å²) in [6, 6.07) is 16.3. The number of rotatable bonds is 8. The third-order valence-electron chi connectivity index (χ3n) is 5.42. The van der Waals surface area contributed by atoms with Crippen LogP contribution in [0.5, 0.6) is 5.75 Å². The number of nitrogens with zero attached hydrogens (tertiary/aromatic N) is 1. The van der Waals surface area contributed by atoms with Gasteiger partial charge < -0.3 is 14.8 Å². The summed E-state index contributed by atoms with van der Waals surface area (Å²) in [5, 5.41) is 3.16. The van der Waals surface area contributed by atoms with Gasteiger partial charge in [-0.25, -0.2) is 4.79 Å². The standard InChI is InChI=1S/C27H19Cl3N2O6S/c1-37-26(35)20-12-18(6-9-21(20)29)31-24(33)13-32-25(34)23(39-27(32)36)10-15-2-7-19(8-3-15)38-14-16-4-5-17(28)11-22(16)30/h2-12H,13-14H2,1H3,(H,31,33)/b23-10+. The summed E-state index contributed by atoms with van der Waals surface area (Å²) in [6.45, 7) is -0.255. The van der Waals surface area contributed by atoms with Gasteiger partial charge in [0.1, 0.15) is 18.9 Å². The number of anilines is 1. The fourth-order valence-electron chi connectivity index (χ4n) is 3.46. The predicted molar refractivity (Wildman–Crippen MR) is 151 cm³/mol. The summed E-state index contributed by atoms with van der Waals surface area (Å²) < 4.78 is 10.4. The van der Waals surface area contributed by atoms with Gasteiger partial charge in [-0.15, -0.1) is 0 Å². The number of imide groups is 1. The first-order valence-corrected chi connectivity index (χ1v) is 13.2. The number of benzene rings is 3. The van der Waals surface area contributed by atoms with E-state index < -0.39 is 29.6 Å². The van der Waals surface area contributed by atoms with Crippen molar-refractivity contribution >= 4 is 81.4 Å². The summed E-state index contributed by atoms with van der Waals surface area (Å²) in [6.07, 6.45) is 1.56. The van der Waals surface area contributed by atoms with Crippen LogP contribution in [-0.2, 0) is 20.9 Å². The van der Waals surface area contributed by atoms with E-state index in [2.05, 4.69) is 10.1 Å². The Balaban J connectivity index is 1.36. The average Bonchev–Trinajstić information content (AvgIpc) is 3.16. The van der Waals surface area contributed by atoms with Crippen molar-refractivity contribution in [3.8, 4) is 5.75 Å². The van der Waals surface area contributed by atoms with Crippen LogP contribution in [0, 0.1) is 0 Å². The maximum atomic E-state index is 12.8. The normalized spacial score (nSPS) is 14.1. The number of carbonyl (C=O) groups is 4.